The Morgan fingerprint density at radius 2 is 1.81 bits per heavy atom. The molecule has 0 heterocycles. The van der Waals surface area contributed by atoms with Crippen LogP contribution in [0, 0.1) is 12.7 Å². The van der Waals surface area contributed by atoms with Crippen molar-refractivity contribution in [2.24, 2.45) is 0 Å². The van der Waals surface area contributed by atoms with E-state index in [1.807, 2.05) is 0 Å². The van der Waals surface area contributed by atoms with Crippen molar-refractivity contribution >= 4 is 5.78 Å². The number of aryl methyl sites for hydroxylation is 1. The number of hydrogen-bond donors (Lipinski definition) is 0. The zero-order valence-corrected chi connectivity index (χ0v) is 12.3. The van der Waals surface area contributed by atoms with Gasteiger partial charge in [0.2, 0.25) is 0 Å². The lowest BCUT2D eigenvalue weighted by molar-refractivity contribution is 0.0989. The van der Waals surface area contributed by atoms with Crippen molar-refractivity contribution in [2.45, 2.75) is 13.3 Å². The van der Waals surface area contributed by atoms with E-state index in [1.165, 1.54) is 13.2 Å². The normalized spacial score (nSPS) is 10.3. The van der Waals surface area contributed by atoms with Crippen LogP contribution in [0.15, 0.2) is 36.4 Å². The molecular formula is C17H17FO3. The fraction of sp³-hybridized carbons (Fsp3) is 0.235. The topological polar surface area (TPSA) is 35.5 Å². The first kappa shape index (κ1) is 15.0. The highest BCUT2D eigenvalue weighted by Gasteiger charge is 2.15. The van der Waals surface area contributed by atoms with Crippen LogP contribution in [0.25, 0.3) is 0 Å². The number of rotatable bonds is 5. The molecule has 2 aromatic rings. The highest BCUT2D eigenvalue weighted by molar-refractivity contribution is 5.98. The minimum Gasteiger partial charge on any atom is -0.493 e. The van der Waals surface area contributed by atoms with Crippen LogP contribution in [-0.2, 0) is 6.42 Å². The van der Waals surface area contributed by atoms with E-state index in [-0.39, 0.29) is 17.8 Å². The summed E-state index contributed by atoms with van der Waals surface area (Å²) in [5.41, 5.74) is 1.33. The summed E-state index contributed by atoms with van der Waals surface area (Å²) < 4.78 is 24.3. The molecule has 0 amide bonds. The smallest absolute Gasteiger partial charge is 0.170 e. The average Bonchev–Trinajstić information content (AvgIpc) is 2.49. The van der Waals surface area contributed by atoms with Gasteiger partial charge in [0.15, 0.2) is 17.3 Å². The van der Waals surface area contributed by atoms with Crippen molar-refractivity contribution in [1.29, 1.82) is 0 Å². The van der Waals surface area contributed by atoms with Gasteiger partial charge in [-0.25, -0.2) is 4.39 Å². The molecule has 3 nitrogen and oxygen atoms in total. The third kappa shape index (κ3) is 3.21. The van der Waals surface area contributed by atoms with Crippen LogP contribution in [0.2, 0.25) is 0 Å². The van der Waals surface area contributed by atoms with Crippen LogP contribution in [0.3, 0.4) is 0 Å². The summed E-state index contributed by atoms with van der Waals surface area (Å²) in [6.07, 6.45) is 0.112. The molecule has 0 N–H and O–H groups in total. The van der Waals surface area contributed by atoms with Crippen molar-refractivity contribution in [3.63, 3.8) is 0 Å². The summed E-state index contributed by atoms with van der Waals surface area (Å²) in [5, 5.41) is 0. The molecule has 0 aliphatic rings. The molecule has 0 bridgehead atoms. The van der Waals surface area contributed by atoms with Crippen molar-refractivity contribution < 1.29 is 18.7 Å². The van der Waals surface area contributed by atoms with Gasteiger partial charge in [-0.3, -0.25) is 4.79 Å². The van der Waals surface area contributed by atoms with E-state index in [9.17, 15) is 9.18 Å². The van der Waals surface area contributed by atoms with E-state index in [4.69, 9.17) is 9.47 Å². The molecule has 0 spiro atoms. The van der Waals surface area contributed by atoms with Gasteiger partial charge in [0, 0.05) is 6.42 Å². The van der Waals surface area contributed by atoms with Gasteiger partial charge in [0.1, 0.15) is 5.82 Å². The monoisotopic (exact) mass is 288 g/mol. The first-order valence-corrected chi connectivity index (χ1v) is 6.56. The molecule has 0 atom stereocenters. The molecule has 0 radical (unpaired) electrons. The Bertz CT molecular complexity index is 665. The molecule has 2 aromatic carbocycles. The lowest BCUT2D eigenvalue weighted by Crippen LogP contribution is -2.07. The van der Waals surface area contributed by atoms with Crippen LogP contribution in [0.4, 0.5) is 4.39 Å². The van der Waals surface area contributed by atoms with Gasteiger partial charge in [0.05, 0.1) is 19.8 Å². The minimum atomic E-state index is -0.456. The Balaban J connectivity index is 2.25. The highest BCUT2D eigenvalue weighted by atomic mass is 19.1. The van der Waals surface area contributed by atoms with Gasteiger partial charge in [-0.2, -0.15) is 0 Å². The standard InChI is InChI=1S/C17H17FO3/c1-11-5-4-6-13(17(11)18)14(19)9-12-7-8-15(20-2)16(10-12)21-3/h4-8,10H,9H2,1-3H3. The van der Waals surface area contributed by atoms with E-state index >= 15 is 0 Å². The van der Waals surface area contributed by atoms with E-state index < -0.39 is 5.82 Å². The van der Waals surface area contributed by atoms with Crippen LogP contribution in [-0.4, -0.2) is 20.0 Å². The molecule has 0 aromatic heterocycles. The summed E-state index contributed by atoms with van der Waals surface area (Å²) in [4.78, 5) is 12.2. The van der Waals surface area contributed by atoms with E-state index in [0.717, 1.165) is 5.56 Å². The SMILES string of the molecule is COc1ccc(CC(=O)c2cccc(C)c2F)cc1OC. The maximum absolute atomic E-state index is 14.0. The van der Waals surface area contributed by atoms with Gasteiger partial charge >= 0.3 is 0 Å². The number of benzene rings is 2. The van der Waals surface area contributed by atoms with Gasteiger partial charge < -0.3 is 9.47 Å². The summed E-state index contributed by atoms with van der Waals surface area (Å²) in [6, 6.07) is 10.1. The summed E-state index contributed by atoms with van der Waals surface area (Å²) in [7, 11) is 3.08. The lowest BCUT2D eigenvalue weighted by atomic mass is 10.0. The zero-order chi connectivity index (χ0) is 15.4. The highest BCUT2D eigenvalue weighted by Crippen LogP contribution is 2.28. The molecular weight excluding hydrogens is 271 g/mol. The number of Topliss-reactive ketones (excluding diaryl/α,β-unsaturated/α-hetero) is 1. The van der Waals surface area contributed by atoms with Crippen LogP contribution in [0.5, 0.6) is 11.5 Å². The molecule has 0 unspecified atom stereocenters. The first-order valence-electron chi connectivity index (χ1n) is 6.56. The van der Waals surface area contributed by atoms with E-state index in [2.05, 4.69) is 0 Å². The number of halogens is 1. The number of ether oxygens (including phenoxy) is 2. The summed E-state index contributed by atoms with van der Waals surface area (Å²) >= 11 is 0. The molecule has 0 saturated heterocycles. The van der Waals surface area contributed by atoms with Gasteiger partial charge in [-0.15, -0.1) is 0 Å². The Hall–Kier alpha value is -2.36. The fourth-order valence-electron chi connectivity index (χ4n) is 2.13. The molecule has 0 saturated carbocycles. The van der Waals surface area contributed by atoms with Crippen LogP contribution >= 0.6 is 0 Å². The van der Waals surface area contributed by atoms with Crippen molar-refractivity contribution in [1.82, 2.24) is 0 Å². The maximum Gasteiger partial charge on any atom is 0.170 e. The average molecular weight is 288 g/mol. The molecule has 4 heteroatoms. The number of carbonyl (C=O) groups excluding carboxylic acids is 1. The summed E-state index contributed by atoms with van der Waals surface area (Å²) in [5.74, 6) is 0.425. The molecule has 0 fully saturated rings. The van der Waals surface area contributed by atoms with Gasteiger partial charge in [0.25, 0.3) is 0 Å². The van der Waals surface area contributed by atoms with Crippen LogP contribution < -0.4 is 9.47 Å². The van der Waals surface area contributed by atoms with Crippen LogP contribution in [0.1, 0.15) is 21.5 Å². The second-order valence-corrected chi connectivity index (χ2v) is 4.73. The molecule has 0 aliphatic heterocycles. The third-order valence-corrected chi connectivity index (χ3v) is 3.30. The van der Waals surface area contributed by atoms with Gasteiger partial charge in [-0.05, 0) is 36.2 Å². The Labute approximate surface area is 123 Å². The third-order valence-electron chi connectivity index (χ3n) is 3.30. The molecule has 2 rings (SSSR count). The molecule has 21 heavy (non-hydrogen) atoms. The largest absolute Gasteiger partial charge is 0.493 e. The maximum atomic E-state index is 14.0. The zero-order valence-electron chi connectivity index (χ0n) is 12.3. The number of hydrogen-bond acceptors (Lipinski definition) is 3. The second-order valence-electron chi connectivity index (χ2n) is 4.73. The lowest BCUT2D eigenvalue weighted by Gasteiger charge is -2.10. The van der Waals surface area contributed by atoms with Crippen molar-refractivity contribution in [3.8, 4) is 11.5 Å². The van der Waals surface area contributed by atoms with E-state index in [0.29, 0.717) is 17.1 Å². The molecule has 0 aliphatic carbocycles. The number of ketones is 1. The Morgan fingerprint density at radius 1 is 1.10 bits per heavy atom. The van der Waals surface area contributed by atoms with Crippen molar-refractivity contribution in [2.75, 3.05) is 14.2 Å². The minimum absolute atomic E-state index is 0.112. The number of methoxy groups -OCH3 is 2. The fourth-order valence-corrected chi connectivity index (χ4v) is 2.13. The Kier molecular flexibility index (Phi) is 4.58. The predicted octanol–water partition coefficient (Wildman–Crippen LogP) is 3.58. The van der Waals surface area contributed by atoms with E-state index in [1.54, 1.807) is 44.4 Å². The summed E-state index contributed by atoms with van der Waals surface area (Å²) in [6.45, 7) is 1.64. The quantitative estimate of drug-likeness (QED) is 0.789. The molecule has 110 valence electrons. The van der Waals surface area contributed by atoms with Crippen molar-refractivity contribution in [3.05, 3.63) is 58.9 Å². The first-order chi connectivity index (χ1) is 10.1. The Morgan fingerprint density at radius 3 is 2.48 bits per heavy atom. The number of carbonyl (C=O) groups is 1. The van der Waals surface area contributed by atoms with Gasteiger partial charge in [-0.1, -0.05) is 18.2 Å². The second kappa shape index (κ2) is 6.39. The predicted molar refractivity (Wildman–Crippen MR) is 78.7 cm³/mol.